The topological polar surface area (TPSA) is 84.2 Å². The summed E-state index contributed by atoms with van der Waals surface area (Å²) in [6.07, 6.45) is 1.67. The highest BCUT2D eigenvalue weighted by molar-refractivity contribution is 7.13. The van der Waals surface area contributed by atoms with Crippen molar-refractivity contribution >= 4 is 17.4 Å². The number of likely N-dealkylation sites (tertiary alicyclic amines) is 1. The lowest BCUT2D eigenvalue weighted by Crippen LogP contribution is -2.43. The van der Waals surface area contributed by atoms with Crippen LogP contribution in [0.2, 0.25) is 0 Å². The van der Waals surface area contributed by atoms with E-state index in [2.05, 4.69) is 20.4 Å². The first-order chi connectivity index (χ1) is 13.2. The Kier molecular flexibility index (Phi) is 5.15. The number of hydrogen-bond donors (Lipinski definition) is 1. The molecule has 7 nitrogen and oxygen atoms in total. The predicted molar refractivity (Wildman–Crippen MR) is 102 cm³/mol. The maximum Gasteiger partial charge on any atom is 0.317 e. The lowest BCUT2D eigenvalue weighted by atomic mass is 9.97. The highest BCUT2D eigenvalue weighted by atomic mass is 32.1. The molecule has 0 spiro atoms. The van der Waals surface area contributed by atoms with E-state index in [9.17, 15) is 4.79 Å². The summed E-state index contributed by atoms with van der Waals surface area (Å²) in [5.74, 6) is 1.58. The fourth-order valence-electron chi connectivity index (χ4n) is 3.19. The van der Waals surface area contributed by atoms with E-state index >= 15 is 0 Å². The quantitative estimate of drug-likeness (QED) is 0.744. The van der Waals surface area contributed by atoms with Gasteiger partial charge >= 0.3 is 6.03 Å². The van der Waals surface area contributed by atoms with E-state index in [4.69, 9.17) is 4.52 Å². The Morgan fingerprint density at radius 2 is 2.04 bits per heavy atom. The molecule has 140 valence electrons. The van der Waals surface area contributed by atoms with Crippen LogP contribution in [0.4, 0.5) is 4.79 Å². The van der Waals surface area contributed by atoms with Crippen molar-refractivity contribution in [1.29, 1.82) is 0 Å². The molecule has 0 saturated carbocycles. The third-order valence-corrected chi connectivity index (χ3v) is 5.61. The fraction of sp³-hybridized carbons (Fsp3) is 0.368. The first kappa shape index (κ1) is 17.7. The van der Waals surface area contributed by atoms with E-state index in [1.807, 2.05) is 47.5 Å². The van der Waals surface area contributed by atoms with Crippen LogP contribution < -0.4 is 5.32 Å². The van der Waals surface area contributed by atoms with Gasteiger partial charge in [0.05, 0.1) is 12.2 Å². The summed E-state index contributed by atoms with van der Waals surface area (Å²) < 4.78 is 5.26. The zero-order valence-corrected chi connectivity index (χ0v) is 15.9. The third kappa shape index (κ3) is 4.16. The van der Waals surface area contributed by atoms with E-state index in [1.165, 1.54) is 0 Å². The van der Waals surface area contributed by atoms with Crippen molar-refractivity contribution < 1.29 is 9.32 Å². The molecular weight excluding hydrogens is 362 g/mol. The lowest BCUT2D eigenvalue weighted by Gasteiger charge is -2.30. The van der Waals surface area contributed by atoms with E-state index in [0.717, 1.165) is 29.1 Å². The number of amides is 2. The molecule has 0 unspecified atom stereocenters. The standard InChI is InChI=1S/C19H21N5O2S/c1-13-21-17(26-23-13)14-7-9-24(10-8-14)19(25)20-11-16-12-27-18(22-16)15-5-3-2-4-6-15/h2-6,12,14H,7-11H2,1H3,(H,20,25). The molecule has 8 heteroatoms. The molecule has 2 amide bonds. The van der Waals surface area contributed by atoms with Crippen LogP contribution in [0.1, 0.15) is 36.2 Å². The van der Waals surface area contributed by atoms with Crippen LogP contribution in [-0.2, 0) is 6.54 Å². The molecule has 1 aliphatic heterocycles. The van der Waals surface area contributed by atoms with Crippen molar-refractivity contribution in [2.45, 2.75) is 32.2 Å². The predicted octanol–water partition coefficient (Wildman–Crippen LogP) is 3.59. The number of carbonyl (C=O) groups excluding carboxylic acids is 1. The van der Waals surface area contributed by atoms with E-state index in [-0.39, 0.29) is 11.9 Å². The molecule has 4 rings (SSSR count). The molecule has 0 atom stereocenters. The van der Waals surface area contributed by atoms with Crippen LogP contribution >= 0.6 is 11.3 Å². The van der Waals surface area contributed by atoms with Crippen LogP contribution in [0.5, 0.6) is 0 Å². The Hall–Kier alpha value is -2.74. The summed E-state index contributed by atoms with van der Waals surface area (Å²) in [5, 5.41) is 9.78. The van der Waals surface area contributed by atoms with Crippen molar-refractivity contribution in [3.8, 4) is 10.6 Å². The second kappa shape index (κ2) is 7.87. The van der Waals surface area contributed by atoms with E-state index in [0.29, 0.717) is 31.3 Å². The Bertz CT molecular complexity index is 900. The maximum absolute atomic E-state index is 12.4. The molecule has 0 bridgehead atoms. The molecule has 1 fully saturated rings. The summed E-state index contributed by atoms with van der Waals surface area (Å²) >= 11 is 1.59. The van der Waals surface area contributed by atoms with Crippen LogP contribution in [0.25, 0.3) is 10.6 Å². The largest absolute Gasteiger partial charge is 0.339 e. The van der Waals surface area contributed by atoms with Gasteiger partial charge in [-0.05, 0) is 19.8 Å². The van der Waals surface area contributed by atoms with Gasteiger partial charge in [0.15, 0.2) is 5.82 Å². The van der Waals surface area contributed by atoms with Gasteiger partial charge in [-0.2, -0.15) is 4.98 Å². The van der Waals surface area contributed by atoms with Crippen molar-refractivity contribution in [3.05, 3.63) is 53.1 Å². The zero-order chi connectivity index (χ0) is 18.6. The minimum atomic E-state index is -0.0515. The summed E-state index contributed by atoms with van der Waals surface area (Å²) in [4.78, 5) is 23.2. The summed E-state index contributed by atoms with van der Waals surface area (Å²) in [6, 6.07) is 10.0. The minimum Gasteiger partial charge on any atom is -0.339 e. The minimum absolute atomic E-state index is 0.0515. The van der Waals surface area contributed by atoms with Crippen molar-refractivity contribution in [2.24, 2.45) is 0 Å². The highest BCUT2D eigenvalue weighted by Gasteiger charge is 2.27. The second-order valence-corrected chi connectivity index (χ2v) is 7.47. The van der Waals surface area contributed by atoms with Gasteiger partial charge in [-0.15, -0.1) is 11.3 Å². The van der Waals surface area contributed by atoms with Gasteiger partial charge in [0.2, 0.25) is 5.89 Å². The molecule has 0 radical (unpaired) electrons. The number of urea groups is 1. The Balaban J connectivity index is 1.27. The van der Waals surface area contributed by atoms with Gasteiger partial charge in [0, 0.05) is 30.0 Å². The molecule has 3 heterocycles. The van der Waals surface area contributed by atoms with Crippen LogP contribution in [0, 0.1) is 6.92 Å². The Morgan fingerprint density at radius 1 is 1.26 bits per heavy atom. The molecule has 1 saturated heterocycles. The number of nitrogens with one attached hydrogen (secondary N) is 1. The number of carbonyl (C=O) groups is 1. The number of thiazole rings is 1. The fourth-order valence-corrected chi connectivity index (χ4v) is 4.01. The molecule has 1 aliphatic rings. The van der Waals surface area contributed by atoms with Gasteiger partial charge < -0.3 is 14.7 Å². The van der Waals surface area contributed by atoms with Crippen molar-refractivity contribution in [2.75, 3.05) is 13.1 Å². The van der Waals surface area contributed by atoms with Gasteiger partial charge in [0.1, 0.15) is 5.01 Å². The number of piperidine rings is 1. The lowest BCUT2D eigenvalue weighted by molar-refractivity contribution is 0.175. The van der Waals surface area contributed by atoms with Crippen LogP contribution in [0.15, 0.2) is 40.2 Å². The summed E-state index contributed by atoms with van der Waals surface area (Å²) in [7, 11) is 0. The third-order valence-electron chi connectivity index (χ3n) is 4.67. The smallest absolute Gasteiger partial charge is 0.317 e. The van der Waals surface area contributed by atoms with Crippen molar-refractivity contribution in [3.63, 3.8) is 0 Å². The summed E-state index contributed by atoms with van der Waals surface area (Å²) in [6.45, 7) is 3.62. The van der Waals surface area contributed by atoms with E-state index in [1.54, 1.807) is 11.3 Å². The number of aromatic nitrogens is 3. The zero-order valence-electron chi connectivity index (χ0n) is 15.1. The normalized spacial score (nSPS) is 15.1. The highest BCUT2D eigenvalue weighted by Crippen LogP contribution is 2.27. The van der Waals surface area contributed by atoms with Crippen molar-refractivity contribution in [1.82, 2.24) is 25.3 Å². The number of benzene rings is 1. The van der Waals surface area contributed by atoms with Gasteiger partial charge in [-0.3, -0.25) is 0 Å². The average molecular weight is 383 g/mol. The Labute approximate surface area is 161 Å². The summed E-state index contributed by atoms with van der Waals surface area (Å²) in [5.41, 5.74) is 1.97. The number of nitrogens with zero attached hydrogens (tertiary/aromatic N) is 4. The molecule has 27 heavy (non-hydrogen) atoms. The monoisotopic (exact) mass is 383 g/mol. The maximum atomic E-state index is 12.4. The average Bonchev–Trinajstić information content (AvgIpc) is 3.36. The number of hydrogen-bond acceptors (Lipinski definition) is 6. The molecular formula is C19H21N5O2S. The Morgan fingerprint density at radius 3 is 2.74 bits per heavy atom. The van der Waals surface area contributed by atoms with Gasteiger partial charge in [-0.1, -0.05) is 35.5 Å². The van der Waals surface area contributed by atoms with E-state index < -0.39 is 0 Å². The SMILES string of the molecule is Cc1noc(C2CCN(C(=O)NCc3csc(-c4ccccc4)n3)CC2)n1. The molecule has 3 aromatic rings. The van der Waals surface area contributed by atoms with Gasteiger partial charge in [0.25, 0.3) is 0 Å². The number of aryl methyl sites for hydroxylation is 1. The second-order valence-electron chi connectivity index (χ2n) is 6.61. The molecule has 2 aromatic heterocycles. The molecule has 1 aromatic carbocycles. The first-order valence-electron chi connectivity index (χ1n) is 9.02. The number of rotatable bonds is 4. The molecule has 0 aliphatic carbocycles. The first-order valence-corrected chi connectivity index (χ1v) is 9.90. The molecule has 1 N–H and O–H groups in total. The van der Waals surface area contributed by atoms with Crippen LogP contribution in [0.3, 0.4) is 0 Å². The van der Waals surface area contributed by atoms with Crippen LogP contribution in [-0.4, -0.2) is 39.1 Å². The van der Waals surface area contributed by atoms with Gasteiger partial charge in [-0.25, -0.2) is 9.78 Å².